The number of nitrogens with one attached hydrogen (secondary N) is 1. The lowest BCUT2D eigenvalue weighted by Gasteiger charge is -2.14. The Morgan fingerprint density at radius 1 is 1.32 bits per heavy atom. The predicted octanol–water partition coefficient (Wildman–Crippen LogP) is 1.89. The van der Waals surface area contributed by atoms with Gasteiger partial charge in [0.2, 0.25) is 0 Å². The van der Waals surface area contributed by atoms with Crippen molar-refractivity contribution in [1.82, 2.24) is 0 Å². The summed E-state index contributed by atoms with van der Waals surface area (Å²) in [6, 6.07) is 5.66. The third kappa shape index (κ3) is 6.24. The number of halogens is 1. The van der Waals surface area contributed by atoms with Crippen molar-refractivity contribution >= 4 is 21.6 Å². The summed E-state index contributed by atoms with van der Waals surface area (Å²) in [5, 5.41) is 12.8. The summed E-state index contributed by atoms with van der Waals surface area (Å²) < 4.78 is 16.2. The predicted molar refractivity (Wildman–Crippen MR) is 77.9 cm³/mol. The van der Waals surface area contributed by atoms with Gasteiger partial charge in [0.15, 0.2) is 0 Å². The highest BCUT2D eigenvalue weighted by molar-refractivity contribution is 9.10. The molecule has 1 atom stereocenters. The molecular weight excluding hydrogens is 314 g/mol. The van der Waals surface area contributed by atoms with E-state index in [2.05, 4.69) is 21.2 Å². The van der Waals surface area contributed by atoms with Crippen LogP contribution in [0.4, 0.5) is 5.69 Å². The van der Waals surface area contributed by atoms with Gasteiger partial charge in [0.1, 0.15) is 5.75 Å². The number of benzene rings is 1. The number of hydrogen-bond donors (Lipinski definition) is 2. The lowest BCUT2D eigenvalue weighted by atomic mass is 10.3. The maximum atomic E-state index is 9.72. The fourth-order valence-electron chi connectivity index (χ4n) is 1.43. The zero-order valence-corrected chi connectivity index (χ0v) is 12.8. The van der Waals surface area contributed by atoms with Gasteiger partial charge in [-0.3, -0.25) is 0 Å². The molecule has 0 amide bonds. The molecule has 1 rings (SSSR count). The Kier molecular flexibility index (Phi) is 7.81. The van der Waals surface area contributed by atoms with Crippen LogP contribution in [0, 0.1) is 0 Å². The van der Waals surface area contributed by atoms with Gasteiger partial charge in [-0.05, 0) is 28.1 Å². The molecule has 0 fully saturated rings. The van der Waals surface area contributed by atoms with E-state index in [1.807, 2.05) is 18.2 Å². The van der Waals surface area contributed by atoms with Crippen molar-refractivity contribution < 1.29 is 19.3 Å². The van der Waals surface area contributed by atoms with Crippen LogP contribution >= 0.6 is 15.9 Å². The second kappa shape index (κ2) is 9.14. The third-order valence-electron chi connectivity index (χ3n) is 2.43. The molecule has 1 unspecified atom stereocenters. The molecule has 5 nitrogen and oxygen atoms in total. The van der Waals surface area contributed by atoms with Crippen LogP contribution in [0.3, 0.4) is 0 Å². The van der Waals surface area contributed by atoms with Crippen LogP contribution in [-0.2, 0) is 9.47 Å². The van der Waals surface area contributed by atoms with Gasteiger partial charge < -0.3 is 24.6 Å². The Balaban J connectivity index is 2.31. The molecule has 0 aliphatic heterocycles. The molecule has 1 aromatic rings. The molecule has 0 aromatic heterocycles. The first-order chi connectivity index (χ1) is 9.17. The fourth-order valence-corrected chi connectivity index (χ4v) is 1.83. The number of aliphatic hydroxyl groups is 1. The molecule has 0 spiro atoms. The summed E-state index contributed by atoms with van der Waals surface area (Å²) in [6.45, 7) is 1.71. The van der Waals surface area contributed by atoms with E-state index >= 15 is 0 Å². The van der Waals surface area contributed by atoms with Gasteiger partial charge in [-0.15, -0.1) is 0 Å². The molecule has 2 N–H and O–H groups in total. The van der Waals surface area contributed by atoms with Crippen molar-refractivity contribution in [1.29, 1.82) is 0 Å². The Hall–Kier alpha value is -0.820. The van der Waals surface area contributed by atoms with Gasteiger partial charge >= 0.3 is 0 Å². The van der Waals surface area contributed by atoms with Crippen LogP contribution < -0.4 is 10.1 Å². The molecule has 0 aliphatic rings. The highest BCUT2D eigenvalue weighted by Crippen LogP contribution is 2.27. The minimum absolute atomic E-state index is 0.282. The number of methoxy groups -OCH3 is 2. The van der Waals surface area contributed by atoms with Gasteiger partial charge in [0.05, 0.1) is 37.5 Å². The SMILES string of the molecule is COCCOCC(O)CNc1ccc(Br)c(OC)c1. The Morgan fingerprint density at radius 3 is 2.79 bits per heavy atom. The highest BCUT2D eigenvalue weighted by atomic mass is 79.9. The monoisotopic (exact) mass is 333 g/mol. The highest BCUT2D eigenvalue weighted by Gasteiger charge is 2.06. The van der Waals surface area contributed by atoms with Gasteiger partial charge in [0, 0.05) is 25.4 Å². The van der Waals surface area contributed by atoms with E-state index < -0.39 is 6.10 Å². The average molecular weight is 334 g/mol. The normalized spacial score (nSPS) is 12.2. The second-order valence-electron chi connectivity index (χ2n) is 3.95. The minimum atomic E-state index is -0.563. The lowest BCUT2D eigenvalue weighted by Crippen LogP contribution is -2.25. The number of hydrogen-bond acceptors (Lipinski definition) is 5. The first-order valence-corrected chi connectivity index (χ1v) is 6.78. The molecular formula is C13H20BrNO4. The van der Waals surface area contributed by atoms with E-state index in [1.54, 1.807) is 14.2 Å². The number of ether oxygens (including phenoxy) is 3. The summed E-state index contributed by atoms with van der Waals surface area (Å²) in [6.07, 6.45) is -0.563. The van der Waals surface area contributed by atoms with Crippen LogP contribution in [-0.4, -0.2) is 51.8 Å². The third-order valence-corrected chi connectivity index (χ3v) is 3.09. The number of rotatable bonds is 9. The minimum Gasteiger partial charge on any atom is -0.495 e. The van der Waals surface area contributed by atoms with Crippen LogP contribution in [0.1, 0.15) is 0 Å². The summed E-state index contributed by atoms with van der Waals surface area (Å²) in [5.74, 6) is 0.746. The molecule has 0 heterocycles. The van der Waals surface area contributed by atoms with Gasteiger partial charge in [-0.2, -0.15) is 0 Å². The van der Waals surface area contributed by atoms with Crippen molar-refractivity contribution in [3.8, 4) is 5.75 Å². The molecule has 1 aromatic carbocycles. The maximum absolute atomic E-state index is 9.72. The number of anilines is 1. The zero-order chi connectivity index (χ0) is 14.1. The molecule has 0 bridgehead atoms. The van der Waals surface area contributed by atoms with E-state index in [0.717, 1.165) is 15.9 Å². The molecule has 19 heavy (non-hydrogen) atoms. The molecule has 0 saturated carbocycles. The van der Waals surface area contributed by atoms with E-state index in [1.165, 1.54) is 0 Å². The average Bonchev–Trinajstić information content (AvgIpc) is 2.42. The first kappa shape index (κ1) is 16.2. The molecule has 0 saturated heterocycles. The smallest absolute Gasteiger partial charge is 0.135 e. The maximum Gasteiger partial charge on any atom is 0.135 e. The largest absolute Gasteiger partial charge is 0.495 e. The topological polar surface area (TPSA) is 60.0 Å². The van der Waals surface area contributed by atoms with Gasteiger partial charge in [0.25, 0.3) is 0 Å². The quantitative estimate of drug-likeness (QED) is 0.676. The standard InChI is InChI=1S/C13H20BrNO4/c1-17-5-6-19-9-11(16)8-15-10-3-4-12(14)13(7-10)18-2/h3-4,7,11,15-16H,5-6,8-9H2,1-2H3. The fraction of sp³-hybridized carbons (Fsp3) is 0.538. The van der Waals surface area contributed by atoms with Crippen molar-refractivity contribution in [3.63, 3.8) is 0 Å². The van der Waals surface area contributed by atoms with Crippen LogP contribution in [0.15, 0.2) is 22.7 Å². The Bertz CT molecular complexity index is 376. The summed E-state index contributed by atoms with van der Waals surface area (Å²) in [7, 11) is 3.23. The number of aliphatic hydroxyl groups excluding tert-OH is 1. The summed E-state index contributed by atoms with van der Waals surface area (Å²) in [4.78, 5) is 0. The van der Waals surface area contributed by atoms with Crippen molar-refractivity contribution in [2.45, 2.75) is 6.10 Å². The molecule has 0 radical (unpaired) electrons. The molecule has 6 heteroatoms. The van der Waals surface area contributed by atoms with Crippen LogP contribution in [0.2, 0.25) is 0 Å². The Morgan fingerprint density at radius 2 is 2.11 bits per heavy atom. The molecule has 108 valence electrons. The van der Waals surface area contributed by atoms with Crippen molar-refractivity contribution in [2.24, 2.45) is 0 Å². The van der Waals surface area contributed by atoms with E-state index in [-0.39, 0.29) is 6.61 Å². The Labute approximate surface area is 122 Å². The van der Waals surface area contributed by atoms with Crippen LogP contribution in [0.25, 0.3) is 0 Å². The van der Waals surface area contributed by atoms with Crippen molar-refractivity contribution in [3.05, 3.63) is 22.7 Å². The first-order valence-electron chi connectivity index (χ1n) is 5.99. The zero-order valence-electron chi connectivity index (χ0n) is 11.2. The molecule has 0 aliphatic carbocycles. The van der Waals surface area contributed by atoms with Crippen molar-refractivity contribution in [2.75, 3.05) is 45.9 Å². The lowest BCUT2D eigenvalue weighted by molar-refractivity contribution is 0.0182. The second-order valence-corrected chi connectivity index (χ2v) is 4.81. The van der Waals surface area contributed by atoms with E-state index in [9.17, 15) is 5.11 Å². The van der Waals surface area contributed by atoms with E-state index in [0.29, 0.717) is 19.8 Å². The van der Waals surface area contributed by atoms with Gasteiger partial charge in [-0.25, -0.2) is 0 Å². The van der Waals surface area contributed by atoms with Gasteiger partial charge in [-0.1, -0.05) is 0 Å². The van der Waals surface area contributed by atoms with Crippen LogP contribution in [0.5, 0.6) is 5.75 Å². The summed E-state index contributed by atoms with van der Waals surface area (Å²) in [5.41, 5.74) is 0.885. The summed E-state index contributed by atoms with van der Waals surface area (Å²) >= 11 is 3.39. The van der Waals surface area contributed by atoms with E-state index in [4.69, 9.17) is 14.2 Å².